The predicted molar refractivity (Wildman–Crippen MR) is 153 cm³/mol. The molecular weight excluding hydrogens is 519 g/mol. The Morgan fingerprint density at radius 2 is 2.00 bits per heavy atom. The van der Waals surface area contributed by atoms with Gasteiger partial charge in [-0.05, 0) is 60.4 Å². The summed E-state index contributed by atoms with van der Waals surface area (Å²) >= 11 is 0. The smallest absolute Gasteiger partial charge is 0.246 e. The highest BCUT2D eigenvalue weighted by Gasteiger charge is 2.36. The lowest BCUT2D eigenvalue weighted by atomic mass is 9.96. The van der Waals surface area contributed by atoms with Crippen LogP contribution in [0.5, 0.6) is 0 Å². The van der Waals surface area contributed by atoms with Gasteiger partial charge in [0.2, 0.25) is 10.0 Å². The maximum absolute atomic E-state index is 13.6. The highest BCUT2D eigenvalue weighted by Crippen LogP contribution is 2.33. The molecule has 9 nitrogen and oxygen atoms in total. The summed E-state index contributed by atoms with van der Waals surface area (Å²) in [5, 5.41) is 5.48. The van der Waals surface area contributed by atoms with Crippen molar-refractivity contribution in [3.63, 3.8) is 0 Å². The third-order valence-corrected chi connectivity index (χ3v) is 8.73. The molecule has 2 N–H and O–H groups in total. The minimum absolute atomic E-state index is 0.0255. The van der Waals surface area contributed by atoms with E-state index in [0.29, 0.717) is 32.2 Å². The normalized spacial score (nSPS) is 18.1. The van der Waals surface area contributed by atoms with Gasteiger partial charge < -0.3 is 10.5 Å². The Bertz CT molecular complexity index is 1450. The summed E-state index contributed by atoms with van der Waals surface area (Å²) in [7, 11) is -2.27. The van der Waals surface area contributed by atoms with E-state index in [9.17, 15) is 12.8 Å². The van der Waals surface area contributed by atoms with E-state index in [1.807, 2.05) is 6.92 Å². The number of piperazine rings is 1. The van der Waals surface area contributed by atoms with Crippen LogP contribution >= 0.6 is 0 Å². The Morgan fingerprint density at radius 3 is 2.67 bits per heavy atom. The van der Waals surface area contributed by atoms with Crippen molar-refractivity contribution < 1.29 is 17.5 Å². The lowest BCUT2D eigenvalue weighted by Crippen LogP contribution is -2.51. The van der Waals surface area contributed by atoms with Crippen LogP contribution < -0.4 is 5.73 Å². The molecule has 4 rings (SSSR count). The van der Waals surface area contributed by atoms with Gasteiger partial charge in [0.1, 0.15) is 10.7 Å². The minimum atomic E-state index is -3.84. The van der Waals surface area contributed by atoms with Crippen molar-refractivity contribution in [2.75, 3.05) is 46.4 Å². The molecule has 210 valence electrons. The Morgan fingerprint density at radius 1 is 1.26 bits per heavy atom. The molecule has 0 aliphatic carbocycles. The van der Waals surface area contributed by atoms with Crippen LogP contribution in [0.4, 0.5) is 4.39 Å². The number of fused-ring (bicyclic) bond motifs is 1. The Kier molecular flexibility index (Phi) is 9.16. The van der Waals surface area contributed by atoms with Gasteiger partial charge in [-0.25, -0.2) is 17.5 Å². The molecule has 1 atom stereocenters. The summed E-state index contributed by atoms with van der Waals surface area (Å²) in [5.41, 5.74) is 9.48. The quantitative estimate of drug-likeness (QED) is 0.302. The fourth-order valence-electron chi connectivity index (χ4n) is 4.98. The average Bonchev–Trinajstić information content (AvgIpc) is 3.31. The fraction of sp³-hybridized carbons (Fsp3) is 0.429. The van der Waals surface area contributed by atoms with E-state index in [0.717, 1.165) is 40.5 Å². The number of aryl methyl sites for hydroxylation is 1. The number of benzene rings is 2. The molecular formula is C28H37FN6O3S. The number of sulfonamides is 1. The summed E-state index contributed by atoms with van der Waals surface area (Å²) < 4.78 is 48.9. The van der Waals surface area contributed by atoms with Gasteiger partial charge in [0, 0.05) is 57.1 Å². The van der Waals surface area contributed by atoms with Crippen LogP contribution in [-0.2, 0) is 14.8 Å². The molecule has 1 saturated heterocycles. The van der Waals surface area contributed by atoms with Crippen molar-refractivity contribution >= 4 is 27.1 Å². The Balaban J connectivity index is 1.68. The van der Waals surface area contributed by atoms with Crippen LogP contribution in [0.3, 0.4) is 0 Å². The Hall–Kier alpha value is -3.12. The number of halogens is 1. The average molecular weight is 557 g/mol. The largest absolute Gasteiger partial charge is 0.403 e. The second-order valence-electron chi connectivity index (χ2n) is 10.2. The number of hydrogen-bond acceptors (Lipinski definition) is 7. The van der Waals surface area contributed by atoms with Gasteiger partial charge in [-0.3, -0.25) is 9.89 Å². The first-order valence-corrected chi connectivity index (χ1v) is 14.5. The molecule has 0 unspecified atom stereocenters. The summed E-state index contributed by atoms with van der Waals surface area (Å²) in [6, 6.07) is 10.2. The van der Waals surface area contributed by atoms with Crippen molar-refractivity contribution in [1.82, 2.24) is 19.0 Å². The van der Waals surface area contributed by atoms with E-state index in [1.165, 1.54) is 22.7 Å². The first kappa shape index (κ1) is 28.9. The van der Waals surface area contributed by atoms with Gasteiger partial charge in [0.25, 0.3) is 0 Å². The second-order valence-corrected chi connectivity index (χ2v) is 12.1. The van der Waals surface area contributed by atoms with Gasteiger partial charge in [0.15, 0.2) is 0 Å². The van der Waals surface area contributed by atoms with Crippen molar-refractivity contribution in [3.8, 4) is 5.69 Å². The number of ether oxygens (including phenoxy) is 1. The molecule has 0 bridgehead atoms. The van der Waals surface area contributed by atoms with Crippen molar-refractivity contribution in [3.05, 3.63) is 70.6 Å². The molecule has 0 saturated carbocycles. The maximum Gasteiger partial charge on any atom is 0.246 e. The van der Waals surface area contributed by atoms with Gasteiger partial charge in [-0.1, -0.05) is 13.8 Å². The lowest BCUT2D eigenvalue weighted by molar-refractivity contribution is 0.105. The van der Waals surface area contributed by atoms with Gasteiger partial charge in [0.05, 0.1) is 30.6 Å². The zero-order valence-electron chi connectivity index (χ0n) is 22.9. The SMILES string of the molecule is COCCN=C/C(=C\N)S(=O)(=O)N1CCN(CC(C)C)[C@@H](c2cc3cnn(-c4ccc(F)cc4)c3cc2C)C1. The highest BCUT2D eigenvalue weighted by molar-refractivity contribution is 7.93. The molecule has 2 aromatic carbocycles. The number of aromatic nitrogens is 2. The van der Waals surface area contributed by atoms with Crippen molar-refractivity contribution in [1.29, 1.82) is 0 Å². The summed E-state index contributed by atoms with van der Waals surface area (Å²) in [5.74, 6) is 0.109. The molecule has 3 aromatic rings. The first-order valence-electron chi connectivity index (χ1n) is 13.0. The summed E-state index contributed by atoms with van der Waals surface area (Å²) in [4.78, 5) is 6.49. The molecule has 1 fully saturated rings. The van der Waals surface area contributed by atoms with Crippen LogP contribution in [0.2, 0.25) is 0 Å². The summed E-state index contributed by atoms with van der Waals surface area (Å²) in [6.07, 6.45) is 4.20. The zero-order valence-corrected chi connectivity index (χ0v) is 23.7. The monoisotopic (exact) mass is 556 g/mol. The van der Waals surface area contributed by atoms with Gasteiger partial charge >= 0.3 is 0 Å². The van der Waals surface area contributed by atoms with E-state index in [-0.39, 0.29) is 23.3 Å². The number of rotatable bonds is 10. The lowest BCUT2D eigenvalue weighted by Gasteiger charge is -2.42. The predicted octanol–water partition coefficient (Wildman–Crippen LogP) is 3.63. The molecule has 11 heteroatoms. The second kappa shape index (κ2) is 12.4. The number of nitrogens with two attached hydrogens (primary N) is 1. The van der Waals surface area contributed by atoms with E-state index in [4.69, 9.17) is 10.5 Å². The van der Waals surface area contributed by atoms with Crippen LogP contribution in [-0.4, -0.2) is 80.1 Å². The number of hydrogen-bond donors (Lipinski definition) is 1. The highest BCUT2D eigenvalue weighted by atomic mass is 32.2. The van der Waals surface area contributed by atoms with Crippen LogP contribution in [0, 0.1) is 18.7 Å². The van der Waals surface area contributed by atoms with Crippen LogP contribution in [0.1, 0.15) is 31.0 Å². The minimum Gasteiger partial charge on any atom is -0.403 e. The molecule has 1 aliphatic heterocycles. The summed E-state index contributed by atoms with van der Waals surface area (Å²) in [6.45, 7) is 9.17. The molecule has 1 aliphatic rings. The van der Waals surface area contributed by atoms with Crippen LogP contribution in [0.15, 0.2) is 58.7 Å². The zero-order chi connectivity index (χ0) is 28.2. The van der Waals surface area contributed by atoms with Crippen molar-refractivity contribution in [2.24, 2.45) is 16.6 Å². The van der Waals surface area contributed by atoms with E-state index < -0.39 is 10.0 Å². The number of allylic oxidation sites excluding steroid dienone is 1. The van der Waals surface area contributed by atoms with Gasteiger partial charge in [-0.15, -0.1) is 0 Å². The topological polar surface area (TPSA) is 106 Å². The number of nitrogens with zero attached hydrogens (tertiary/aromatic N) is 5. The molecule has 0 amide bonds. The fourth-order valence-corrected chi connectivity index (χ4v) is 6.32. The number of aliphatic imine (C=N–C) groups is 1. The standard InChI is InChI=1S/C28H37FN6O3S/c1-20(2)18-33-10-11-34(39(36,37)25(15-30)17-31-9-12-38-4)19-28(33)26-14-22-16-32-35(27(22)13-21(26)3)24-7-5-23(29)6-8-24/h5-8,13-17,20,28H,9-12,18-19,30H2,1-4H3/b25-15+,31-17?/t28-/m1/s1. The molecule has 0 radical (unpaired) electrons. The molecule has 0 spiro atoms. The van der Waals surface area contributed by atoms with E-state index >= 15 is 0 Å². The van der Waals surface area contributed by atoms with Crippen molar-refractivity contribution in [2.45, 2.75) is 26.8 Å². The molecule has 1 aromatic heterocycles. The van der Waals surface area contributed by atoms with E-state index in [1.54, 1.807) is 30.1 Å². The first-order chi connectivity index (χ1) is 18.6. The third-order valence-electron chi connectivity index (χ3n) is 6.88. The Labute approximate surface area is 229 Å². The maximum atomic E-state index is 13.6. The number of methoxy groups -OCH3 is 1. The van der Waals surface area contributed by atoms with Crippen LogP contribution in [0.25, 0.3) is 16.6 Å². The van der Waals surface area contributed by atoms with Gasteiger partial charge in [-0.2, -0.15) is 9.40 Å². The third kappa shape index (κ3) is 6.38. The van der Waals surface area contributed by atoms with E-state index in [2.05, 4.69) is 41.0 Å². The molecule has 39 heavy (non-hydrogen) atoms. The molecule has 2 heterocycles.